The molecule has 1 aromatic rings. The van der Waals surface area contributed by atoms with Crippen molar-refractivity contribution in [3.8, 4) is 0 Å². The number of nitrogens with two attached hydrogens (primary N) is 1. The van der Waals surface area contributed by atoms with Crippen molar-refractivity contribution >= 4 is 5.69 Å². The minimum Gasteiger partial charge on any atom is -0.393 e. The second-order valence-corrected chi connectivity index (χ2v) is 3.91. The molecule has 0 saturated heterocycles. The van der Waals surface area contributed by atoms with Crippen LogP contribution in [-0.4, -0.2) is 34.7 Å². The Hall–Kier alpha value is -1.56. The monoisotopic (exact) mass is 226 g/mol. The summed E-state index contributed by atoms with van der Waals surface area (Å²) in [4.78, 5) is 25.4. The largest absolute Gasteiger partial charge is 0.393 e. The maximum atomic E-state index is 11.8. The third-order valence-electron chi connectivity index (χ3n) is 2.38. The molecule has 0 saturated carbocycles. The smallest absolute Gasteiger partial charge is 0.331 e. The van der Waals surface area contributed by atoms with E-state index in [4.69, 9.17) is 5.73 Å². The highest BCUT2D eigenvalue weighted by Crippen LogP contribution is 1.90. The van der Waals surface area contributed by atoms with Crippen molar-refractivity contribution in [1.29, 1.82) is 0 Å². The molecule has 0 aliphatic heterocycles. The van der Waals surface area contributed by atoms with E-state index < -0.39 is 5.56 Å². The van der Waals surface area contributed by atoms with Gasteiger partial charge in [0.05, 0.1) is 0 Å². The van der Waals surface area contributed by atoms with Gasteiger partial charge in [0, 0.05) is 25.8 Å². The molecule has 1 heterocycles. The van der Waals surface area contributed by atoms with Crippen LogP contribution < -0.4 is 17.0 Å². The van der Waals surface area contributed by atoms with Crippen LogP contribution in [0, 0.1) is 0 Å². The Morgan fingerprint density at radius 3 is 2.50 bits per heavy atom. The maximum absolute atomic E-state index is 11.8. The summed E-state index contributed by atoms with van der Waals surface area (Å²) in [5.41, 5.74) is 4.97. The average Bonchev–Trinajstić information content (AvgIpc) is 2.23. The van der Waals surface area contributed by atoms with Crippen molar-refractivity contribution in [2.24, 2.45) is 0 Å². The number of hydrogen-bond donors (Lipinski definition) is 1. The second-order valence-electron chi connectivity index (χ2n) is 3.91. The zero-order chi connectivity index (χ0) is 12.3. The first-order chi connectivity index (χ1) is 7.47. The molecule has 0 radical (unpaired) electrons. The molecule has 0 atom stereocenters. The predicted molar refractivity (Wildman–Crippen MR) is 63.6 cm³/mol. The first-order valence-electron chi connectivity index (χ1n) is 5.21. The number of nitrogens with zero attached hydrogens (tertiary/aromatic N) is 3. The van der Waals surface area contributed by atoms with Gasteiger partial charge in [-0.1, -0.05) is 0 Å². The van der Waals surface area contributed by atoms with Crippen LogP contribution in [0.4, 0.5) is 5.69 Å². The van der Waals surface area contributed by atoms with Gasteiger partial charge in [0.15, 0.2) is 0 Å². The van der Waals surface area contributed by atoms with E-state index in [0.717, 1.165) is 0 Å². The molecule has 0 spiro atoms. The molecule has 0 aromatic carbocycles. The molecular formula is C10H18N4O2. The van der Waals surface area contributed by atoms with Gasteiger partial charge in [0.2, 0.25) is 0 Å². The number of hydrogen-bond acceptors (Lipinski definition) is 4. The topological polar surface area (TPSA) is 73.3 Å². The van der Waals surface area contributed by atoms with Crippen molar-refractivity contribution < 1.29 is 0 Å². The zero-order valence-electron chi connectivity index (χ0n) is 9.93. The third-order valence-corrected chi connectivity index (χ3v) is 2.38. The van der Waals surface area contributed by atoms with Crippen LogP contribution in [0.2, 0.25) is 0 Å². The Balaban J connectivity index is 3.20. The summed E-state index contributed by atoms with van der Waals surface area (Å²) in [6, 6.07) is 0. The summed E-state index contributed by atoms with van der Waals surface area (Å²) < 4.78 is 2.62. The van der Waals surface area contributed by atoms with E-state index in [2.05, 4.69) is 0 Å². The lowest BCUT2D eigenvalue weighted by molar-refractivity contribution is 0.373. The molecule has 6 heteroatoms. The molecule has 90 valence electrons. The van der Waals surface area contributed by atoms with Crippen LogP contribution >= 0.6 is 0 Å². The summed E-state index contributed by atoms with van der Waals surface area (Å²) in [7, 11) is 3.77. The van der Waals surface area contributed by atoms with Gasteiger partial charge in [-0.3, -0.25) is 13.9 Å². The minimum absolute atomic E-state index is 0.111. The highest BCUT2D eigenvalue weighted by atomic mass is 16.2. The Labute approximate surface area is 93.9 Å². The first-order valence-corrected chi connectivity index (χ1v) is 5.21. The molecule has 0 unspecified atom stereocenters. The van der Waals surface area contributed by atoms with Gasteiger partial charge >= 0.3 is 5.69 Å². The Bertz CT molecular complexity index is 473. The lowest BCUT2D eigenvalue weighted by atomic mass is 10.4. The Morgan fingerprint density at radius 1 is 1.38 bits per heavy atom. The Kier molecular flexibility index (Phi) is 3.89. The van der Waals surface area contributed by atoms with Crippen LogP contribution in [0.25, 0.3) is 0 Å². The number of rotatable bonds is 4. The molecule has 1 aromatic heterocycles. The van der Waals surface area contributed by atoms with E-state index in [-0.39, 0.29) is 11.4 Å². The number of anilines is 1. The second kappa shape index (κ2) is 4.98. The van der Waals surface area contributed by atoms with E-state index in [1.165, 1.54) is 15.3 Å². The minimum atomic E-state index is -0.406. The molecule has 1 rings (SSSR count). The van der Waals surface area contributed by atoms with E-state index >= 15 is 0 Å². The number of likely N-dealkylation sites (N-methyl/N-ethyl adjacent to an activating group) is 1. The van der Waals surface area contributed by atoms with Crippen molar-refractivity contribution in [3.63, 3.8) is 0 Å². The fraction of sp³-hybridized carbons (Fsp3) is 0.600. The summed E-state index contributed by atoms with van der Waals surface area (Å²) >= 11 is 0. The lowest BCUT2D eigenvalue weighted by Gasteiger charge is -2.12. The maximum Gasteiger partial charge on any atom is 0.331 e. The lowest BCUT2D eigenvalue weighted by Crippen LogP contribution is -2.42. The molecular weight excluding hydrogens is 208 g/mol. The van der Waals surface area contributed by atoms with E-state index in [0.29, 0.717) is 19.6 Å². The van der Waals surface area contributed by atoms with Crippen molar-refractivity contribution in [2.75, 3.05) is 26.4 Å². The van der Waals surface area contributed by atoms with Crippen LogP contribution in [-0.2, 0) is 13.1 Å². The fourth-order valence-electron chi connectivity index (χ4n) is 1.40. The highest BCUT2D eigenvalue weighted by molar-refractivity contribution is 5.30. The average molecular weight is 226 g/mol. The molecule has 16 heavy (non-hydrogen) atoms. The number of aromatic nitrogens is 2. The van der Waals surface area contributed by atoms with Gasteiger partial charge in [-0.25, -0.2) is 4.79 Å². The van der Waals surface area contributed by atoms with E-state index in [1.807, 2.05) is 25.9 Å². The van der Waals surface area contributed by atoms with Gasteiger partial charge in [-0.2, -0.15) is 0 Å². The molecule has 2 N–H and O–H groups in total. The summed E-state index contributed by atoms with van der Waals surface area (Å²) in [5, 5.41) is 0. The zero-order valence-corrected chi connectivity index (χ0v) is 9.93. The molecule has 0 aliphatic carbocycles. The number of nitrogen functional groups attached to an aromatic ring is 1. The molecule has 6 nitrogen and oxygen atoms in total. The fourth-order valence-corrected chi connectivity index (χ4v) is 1.40. The standard InChI is InChI=1S/C10H18N4O2/c1-4-13-7-8(11)9(15)14(10(13)16)6-5-12(2)3/h7H,4-6,11H2,1-3H3. The van der Waals surface area contributed by atoms with Crippen molar-refractivity contribution in [1.82, 2.24) is 14.0 Å². The Morgan fingerprint density at radius 2 is 2.00 bits per heavy atom. The molecule has 0 amide bonds. The summed E-state index contributed by atoms with van der Waals surface area (Å²) in [5.74, 6) is 0. The van der Waals surface area contributed by atoms with E-state index in [9.17, 15) is 9.59 Å². The summed E-state index contributed by atoms with van der Waals surface area (Å²) in [6.07, 6.45) is 1.40. The van der Waals surface area contributed by atoms with Crippen molar-refractivity contribution in [2.45, 2.75) is 20.0 Å². The van der Waals surface area contributed by atoms with Gasteiger partial charge in [0.25, 0.3) is 5.56 Å². The SMILES string of the molecule is CCn1cc(N)c(=O)n(CCN(C)C)c1=O. The van der Waals surface area contributed by atoms with Crippen LogP contribution in [0.15, 0.2) is 15.8 Å². The van der Waals surface area contributed by atoms with Gasteiger partial charge in [-0.05, 0) is 21.0 Å². The normalized spacial score (nSPS) is 11.0. The van der Waals surface area contributed by atoms with Crippen LogP contribution in [0.1, 0.15) is 6.92 Å². The highest BCUT2D eigenvalue weighted by Gasteiger charge is 2.08. The molecule has 0 aliphatic rings. The van der Waals surface area contributed by atoms with Gasteiger partial charge in [0.1, 0.15) is 5.69 Å². The third kappa shape index (κ3) is 2.52. The van der Waals surface area contributed by atoms with E-state index in [1.54, 1.807) is 0 Å². The molecule has 0 fully saturated rings. The molecule has 0 bridgehead atoms. The van der Waals surface area contributed by atoms with Gasteiger partial charge in [-0.15, -0.1) is 0 Å². The predicted octanol–water partition coefficient (Wildman–Crippen LogP) is -0.826. The van der Waals surface area contributed by atoms with Crippen LogP contribution in [0.3, 0.4) is 0 Å². The first kappa shape index (κ1) is 12.5. The van der Waals surface area contributed by atoms with Gasteiger partial charge < -0.3 is 10.6 Å². The number of aryl methyl sites for hydroxylation is 1. The van der Waals surface area contributed by atoms with Crippen LogP contribution in [0.5, 0.6) is 0 Å². The van der Waals surface area contributed by atoms with Crippen molar-refractivity contribution in [3.05, 3.63) is 27.0 Å². The quantitative estimate of drug-likeness (QED) is 0.727. The summed E-state index contributed by atoms with van der Waals surface area (Å²) in [6.45, 7) is 3.32.